The van der Waals surface area contributed by atoms with Crippen molar-refractivity contribution >= 4 is 5.91 Å². The van der Waals surface area contributed by atoms with Gasteiger partial charge in [-0.2, -0.15) is 0 Å². The third-order valence-electron chi connectivity index (χ3n) is 4.35. The van der Waals surface area contributed by atoms with Crippen LogP contribution in [0.2, 0.25) is 0 Å². The number of carbonyl (C=O) groups is 1. The average molecular weight is 301 g/mol. The highest BCUT2D eigenvalue weighted by atomic mass is 16.5. The second-order valence-corrected chi connectivity index (χ2v) is 6.35. The molecule has 116 valence electrons. The molecule has 4 rings (SSSR count). The van der Waals surface area contributed by atoms with E-state index in [0.717, 1.165) is 17.3 Å². The molecule has 2 aromatic heterocycles. The zero-order valence-electron chi connectivity index (χ0n) is 12.8. The summed E-state index contributed by atoms with van der Waals surface area (Å²) in [5.41, 5.74) is 0.795. The number of rotatable bonds is 3. The monoisotopic (exact) mass is 301 g/mol. The Balaban J connectivity index is 1.51. The first-order valence-corrected chi connectivity index (χ1v) is 7.75. The molecule has 1 aliphatic carbocycles. The van der Waals surface area contributed by atoms with E-state index in [4.69, 9.17) is 4.52 Å². The Labute approximate surface area is 128 Å². The lowest BCUT2D eigenvalue weighted by Crippen LogP contribution is -2.41. The van der Waals surface area contributed by atoms with Gasteiger partial charge < -0.3 is 14.0 Å². The van der Waals surface area contributed by atoms with E-state index in [0.29, 0.717) is 24.8 Å². The van der Waals surface area contributed by atoms with E-state index in [9.17, 15) is 4.79 Å². The highest BCUT2D eigenvalue weighted by molar-refractivity contribution is 5.78. The van der Waals surface area contributed by atoms with E-state index in [1.54, 1.807) is 6.07 Å². The van der Waals surface area contributed by atoms with Crippen LogP contribution in [0, 0.1) is 6.92 Å². The van der Waals surface area contributed by atoms with Crippen LogP contribution < -0.4 is 0 Å². The number of nitrogens with zero attached hydrogens (tertiary/aromatic N) is 5. The Hall–Kier alpha value is -2.18. The maximum absolute atomic E-state index is 12.5. The van der Waals surface area contributed by atoms with Gasteiger partial charge in [0.1, 0.15) is 11.6 Å². The number of hydrogen-bond donors (Lipinski definition) is 0. The van der Waals surface area contributed by atoms with E-state index < -0.39 is 0 Å². The number of aromatic nitrogens is 4. The fourth-order valence-corrected chi connectivity index (χ4v) is 3.13. The molecule has 2 aliphatic rings. The Bertz CT molecular complexity index is 715. The molecular weight excluding hydrogens is 282 g/mol. The number of carbonyl (C=O) groups excluding carboxylic acids is 1. The Morgan fingerprint density at radius 2 is 2.23 bits per heavy atom. The summed E-state index contributed by atoms with van der Waals surface area (Å²) in [5.74, 6) is 3.22. The Morgan fingerprint density at radius 3 is 2.91 bits per heavy atom. The normalized spacial score (nSPS) is 21.0. The average Bonchev–Trinajstić information content (AvgIpc) is 3.11. The van der Waals surface area contributed by atoms with Gasteiger partial charge in [0.2, 0.25) is 5.91 Å². The lowest BCUT2D eigenvalue weighted by molar-refractivity contribution is -0.132. The van der Waals surface area contributed by atoms with Crippen molar-refractivity contribution in [2.75, 3.05) is 6.54 Å². The molecule has 1 amide bonds. The summed E-state index contributed by atoms with van der Waals surface area (Å²) in [4.78, 5) is 14.3. The fraction of sp³-hybridized carbons (Fsp3) is 0.600. The second-order valence-electron chi connectivity index (χ2n) is 6.35. The van der Waals surface area contributed by atoms with Gasteiger partial charge in [0.15, 0.2) is 5.82 Å². The van der Waals surface area contributed by atoms with Crippen molar-refractivity contribution in [3.63, 3.8) is 0 Å². The Morgan fingerprint density at radius 1 is 1.41 bits per heavy atom. The summed E-state index contributed by atoms with van der Waals surface area (Å²) in [5, 5.41) is 12.5. The van der Waals surface area contributed by atoms with Crippen LogP contribution in [0.3, 0.4) is 0 Å². The SMILES string of the molecule is Cc1cc(CC(=O)N2Cc3nnc(C4CC4)n3[C@@H](C)C2)on1. The van der Waals surface area contributed by atoms with E-state index >= 15 is 0 Å². The topological polar surface area (TPSA) is 77.0 Å². The van der Waals surface area contributed by atoms with Crippen LogP contribution in [-0.4, -0.2) is 37.3 Å². The lowest BCUT2D eigenvalue weighted by Gasteiger charge is -2.32. The predicted molar refractivity (Wildman–Crippen MR) is 77.1 cm³/mol. The van der Waals surface area contributed by atoms with E-state index in [2.05, 4.69) is 26.8 Å². The van der Waals surface area contributed by atoms with Crippen LogP contribution in [-0.2, 0) is 17.8 Å². The van der Waals surface area contributed by atoms with Crippen molar-refractivity contribution in [1.29, 1.82) is 0 Å². The molecule has 22 heavy (non-hydrogen) atoms. The number of amides is 1. The smallest absolute Gasteiger partial charge is 0.230 e. The summed E-state index contributed by atoms with van der Waals surface area (Å²) in [6, 6.07) is 2.02. The second kappa shape index (κ2) is 4.93. The first-order chi connectivity index (χ1) is 10.6. The summed E-state index contributed by atoms with van der Waals surface area (Å²) in [7, 11) is 0. The van der Waals surface area contributed by atoms with Crippen molar-refractivity contribution in [1.82, 2.24) is 24.8 Å². The molecule has 0 N–H and O–H groups in total. The number of aryl methyl sites for hydroxylation is 1. The largest absolute Gasteiger partial charge is 0.361 e. The van der Waals surface area contributed by atoms with Crippen LogP contribution in [0.15, 0.2) is 10.6 Å². The van der Waals surface area contributed by atoms with Gasteiger partial charge in [0.25, 0.3) is 0 Å². The minimum absolute atomic E-state index is 0.0465. The van der Waals surface area contributed by atoms with Gasteiger partial charge in [0.05, 0.1) is 24.7 Å². The van der Waals surface area contributed by atoms with Crippen LogP contribution >= 0.6 is 0 Å². The third kappa shape index (κ3) is 2.30. The van der Waals surface area contributed by atoms with Gasteiger partial charge >= 0.3 is 0 Å². The molecule has 3 heterocycles. The van der Waals surface area contributed by atoms with Crippen LogP contribution in [0.25, 0.3) is 0 Å². The fourth-order valence-electron chi connectivity index (χ4n) is 3.13. The van der Waals surface area contributed by atoms with E-state index in [-0.39, 0.29) is 18.4 Å². The van der Waals surface area contributed by atoms with Crippen LogP contribution in [0.4, 0.5) is 0 Å². The quantitative estimate of drug-likeness (QED) is 0.860. The van der Waals surface area contributed by atoms with Crippen molar-refractivity contribution in [2.24, 2.45) is 0 Å². The maximum atomic E-state index is 12.5. The molecule has 7 nitrogen and oxygen atoms in total. The molecule has 0 bridgehead atoms. The van der Waals surface area contributed by atoms with Crippen LogP contribution in [0.5, 0.6) is 0 Å². The first-order valence-electron chi connectivity index (χ1n) is 7.75. The van der Waals surface area contributed by atoms with Gasteiger partial charge in [-0.1, -0.05) is 5.16 Å². The lowest BCUT2D eigenvalue weighted by atomic mass is 10.2. The van der Waals surface area contributed by atoms with Crippen molar-refractivity contribution in [3.05, 3.63) is 29.2 Å². The molecular formula is C15H19N5O2. The van der Waals surface area contributed by atoms with Gasteiger partial charge in [-0.05, 0) is 26.7 Å². The van der Waals surface area contributed by atoms with Gasteiger partial charge in [-0.3, -0.25) is 4.79 Å². The predicted octanol–water partition coefficient (Wildman–Crippen LogP) is 1.60. The van der Waals surface area contributed by atoms with Crippen molar-refractivity contribution in [2.45, 2.75) is 51.6 Å². The third-order valence-corrected chi connectivity index (χ3v) is 4.35. The summed E-state index contributed by atoms with van der Waals surface area (Å²) >= 11 is 0. The molecule has 7 heteroatoms. The molecule has 0 unspecified atom stereocenters. The van der Waals surface area contributed by atoms with E-state index in [1.807, 2.05) is 11.8 Å². The zero-order valence-corrected chi connectivity index (χ0v) is 12.8. The van der Waals surface area contributed by atoms with Gasteiger partial charge in [-0.25, -0.2) is 0 Å². The number of hydrogen-bond acceptors (Lipinski definition) is 5. The summed E-state index contributed by atoms with van der Waals surface area (Å²) in [6.07, 6.45) is 2.66. The molecule has 1 fully saturated rings. The minimum atomic E-state index is 0.0465. The van der Waals surface area contributed by atoms with Crippen LogP contribution in [0.1, 0.15) is 54.8 Å². The molecule has 0 saturated heterocycles. The molecule has 0 radical (unpaired) electrons. The van der Waals surface area contributed by atoms with E-state index in [1.165, 1.54) is 12.8 Å². The molecule has 0 spiro atoms. The van der Waals surface area contributed by atoms with Crippen molar-refractivity contribution in [3.8, 4) is 0 Å². The van der Waals surface area contributed by atoms with Crippen molar-refractivity contribution < 1.29 is 9.32 Å². The minimum Gasteiger partial charge on any atom is -0.361 e. The first kappa shape index (κ1) is 13.5. The Kier molecular flexibility index (Phi) is 3.02. The van der Waals surface area contributed by atoms with Gasteiger partial charge in [0, 0.05) is 18.5 Å². The standard InChI is InChI=1S/C15H19N5O2/c1-9-5-12(22-18-9)6-14(21)19-7-10(2)20-13(8-19)16-17-15(20)11-3-4-11/h5,10-11H,3-4,6-8H2,1-2H3/t10-/m0/s1. The summed E-state index contributed by atoms with van der Waals surface area (Å²) < 4.78 is 7.36. The molecule has 1 atom stereocenters. The molecule has 0 aromatic carbocycles. The highest BCUT2D eigenvalue weighted by Crippen LogP contribution is 2.40. The summed E-state index contributed by atoms with van der Waals surface area (Å²) in [6.45, 7) is 5.19. The molecule has 2 aromatic rings. The highest BCUT2D eigenvalue weighted by Gasteiger charge is 2.35. The maximum Gasteiger partial charge on any atom is 0.230 e. The molecule has 1 aliphatic heterocycles. The zero-order chi connectivity index (χ0) is 15.3. The number of fused-ring (bicyclic) bond motifs is 1. The molecule has 1 saturated carbocycles. The van der Waals surface area contributed by atoms with Gasteiger partial charge in [-0.15, -0.1) is 10.2 Å².